The molecule has 2 rings (SSSR count). The van der Waals surface area contributed by atoms with Crippen molar-refractivity contribution < 1.29 is 27.4 Å². The van der Waals surface area contributed by atoms with Gasteiger partial charge in [0.05, 0.1) is 5.56 Å². The normalized spacial score (nSPS) is 17.6. The molecule has 1 aliphatic heterocycles. The summed E-state index contributed by atoms with van der Waals surface area (Å²) >= 11 is 0. The summed E-state index contributed by atoms with van der Waals surface area (Å²) in [5, 5.41) is 8.82. The first-order valence-corrected chi connectivity index (χ1v) is 8.53. The van der Waals surface area contributed by atoms with Gasteiger partial charge in [0.25, 0.3) is 0 Å². The summed E-state index contributed by atoms with van der Waals surface area (Å²) in [6.45, 7) is 4.44. The third-order valence-corrected chi connectivity index (χ3v) is 5.42. The molecule has 0 radical (unpaired) electrons. The minimum atomic E-state index is -4.13. The summed E-state index contributed by atoms with van der Waals surface area (Å²) in [5.41, 5.74) is -1.08. The third kappa shape index (κ3) is 3.95. The van der Waals surface area contributed by atoms with Crippen molar-refractivity contribution >= 4 is 16.0 Å². The molecule has 1 saturated heterocycles. The molecule has 0 aliphatic carbocycles. The summed E-state index contributed by atoms with van der Waals surface area (Å²) in [7, 11) is -4.13. The van der Waals surface area contributed by atoms with Crippen molar-refractivity contribution in [3.63, 3.8) is 0 Å². The Hall–Kier alpha value is -1.77. The quantitative estimate of drug-likeness (QED) is 0.770. The van der Waals surface area contributed by atoms with E-state index in [1.54, 1.807) is 6.08 Å². The van der Waals surface area contributed by atoms with Crippen LogP contribution in [0.3, 0.4) is 0 Å². The van der Waals surface area contributed by atoms with Crippen molar-refractivity contribution in [2.75, 3.05) is 13.2 Å². The summed E-state index contributed by atoms with van der Waals surface area (Å²) in [4.78, 5) is 10.2. The topological polar surface area (TPSA) is 92.7 Å². The first-order valence-electron chi connectivity index (χ1n) is 7.05. The Balaban J connectivity index is 2.33. The van der Waals surface area contributed by atoms with E-state index in [0.717, 1.165) is 12.1 Å². The molecule has 1 heterocycles. The van der Waals surface area contributed by atoms with Crippen molar-refractivity contribution in [3.8, 4) is 0 Å². The number of ether oxygens (including phenoxy) is 1. The fraction of sp³-hybridized carbons (Fsp3) is 0.400. The van der Waals surface area contributed by atoms with Gasteiger partial charge in [-0.1, -0.05) is 6.08 Å². The fourth-order valence-electron chi connectivity index (χ4n) is 2.58. The van der Waals surface area contributed by atoms with Crippen LogP contribution in [0.5, 0.6) is 0 Å². The SMILES string of the molecule is C=CCC1(NS(=O)(=O)c2ccc(C(=O)O)cc2F)CCOCC1. The largest absolute Gasteiger partial charge is 0.478 e. The molecule has 0 amide bonds. The van der Waals surface area contributed by atoms with Crippen LogP contribution in [0.25, 0.3) is 0 Å². The van der Waals surface area contributed by atoms with E-state index in [1.807, 2.05) is 0 Å². The van der Waals surface area contributed by atoms with E-state index in [1.165, 1.54) is 0 Å². The Morgan fingerprint density at radius 2 is 2.09 bits per heavy atom. The fourth-order valence-corrected chi connectivity index (χ4v) is 4.11. The molecule has 8 heteroatoms. The minimum absolute atomic E-state index is 0.312. The second-order valence-corrected chi connectivity index (χ2v) is 7.09. The summed E-state index contributed by atoms with van der Waals surface area (Å²) in [5.74, 6) is -2.42. The monoisotopic (exact) mass is 343 g/mol. The molecule has 0 aromatic heterocycles. The Labute approximate surface area is 134 Å². The highest BCUT2D eigenvalue weighted by Crippen LogP contribution is 2.28. The van der Waals surface area contributed by atoms with E-state index >= 15 is 0 Å². The van der Waals surface area contributed by atoms with Gasteiger partial charge in [-0.2, -0.15) is 0 Å². The molecule has 1 aromatic carbocycles. The number of benzene rings is 1. The van der Waals surface area contributed by atoms with Crippen LogP contribution in [0, 0.1) is 5.82 Å². The maximum atomic E-state index is 14.0. The Bertz CT molecular complexity index is 711. The molecule has 23 heavy (non-hydrogen) atoms. The second-order valence-electron chi connectivity index (χ2n) is 5.44. The lowest BCUT2D eigenvalue weighted by molar-refractivity contribution is 0.0481. The van der Waals surface area contributed by atoms with E-state index in [4.69, 9.17) is 9.84 Å². The summed E-state index contributed by atoms with van der Waals surface area (Å²) < 4.78 is 46.9. The maximum absolute atomic E-state index is 14.0. The smallest absolute Gasteiger partial charge is 0.335 e. The third-order valence-electron chi connectivity index (χ3n) is 3.80. The molecule has 126 valence electrons. The van der Waals surface area contributed by atoms with E-state index in [0.29, 0.717) is 38.5 Å². The molecular weight excluding hydrogens is 325 g/mol. The van der Waals surface area contributed by atoms with Crippen LogP contribution in [0.4, 0.5) is 4.39 Å². The van der Waals surface area contributed by atoms with Gasteiger partial charge in [0.15, 0.2) is 0 Å². The highest BCUT2D eigenvalue weighted by Gasteiger charge is 2.36. The first-order chi connectivity index (χ1) is 10.8. The predicted octanol–water partition coefficient (Wildman–Crippen LogP) is 1.93. The van der Waals surface area contributed by atoms with Gasteiger partial charge in [-0.05, 0) is 37.5 Å². The summed E-state index contributed by atoms with van der Waals surface area (Å²) in [6, 6.07) is 2.72. The average Bonchev–Trinajstić information content (AvgIpc) is 2.47. The molecule has 0 saturated carbocycles. The van der Waals surface area contributed by atoms with Gasteiger partial charge < -0.3 is 9.84 Å². The lowest BCUT2D eigenvalue weighted by Crippen LogP contribution is -2.51. The van der Waals surface area contributed by atoms with Crippen molar-refractivity contribution in [3.05, 3.63) is 42.2 Å². The van der Waals surface area contributed by atoms with Gasteiger partial charge in [-0.25, -0.2) is 22.3 Å². The molecule has 1 fully saturated rings. The number of aromatic carboxylic acids is 1. The average molecular weight is 343 g/mol. The Morgan fingerprint density at radius 3 is 2.61 bits per heavy atom. The molecule has 1 aliphatic rings. The van der Waals surface area contributed by atoms with E-state index in [9.17, 15) is 17.6 Å². The molecule has 0 spiro atoms. The van der Waals surface area contributed by atoms with Crippen LogP contribution in [0.15, 0.2) is 35.7 Å². The van der Waals surface area contributed by atoms with Crippen LogP contribution >= 0.6 is 0 Å². The van der Waals surface area contributed by atoms with Gasteiger partial charge in [-0.3, -0.25) is 0 Å². The van der Waals surface area contributed by atoms with Crippen LogP contribution in [0.2, 0.25) is 0 Å². The molecule has 1 aromatic rings. The molecule has 0 bridgehead atoms. The highest BCUT2D eigenvalue weighted by molar-refractivity contribution is 7.89. The molecule has 0 atom stereocenters. The molecular formula is C15H18FNO5S. The number of halogens is 1. The first kappa shape index (κ1) is 17.6. The van der Waals surface area contributed by atoms with E-state index in [2.05, 4.69) is 11.3 Å². The van der Waals surface area contributed by atoms with Crippen LogP contribution in [-0.4, -0.2) is 38.2 Å². The predicted molar refractivity (Wildman–Crippen MR) is 81.3 cm³/mol. The van der Waals surface area contributed by atoms with E-state index in [-0.39, 0.29) is 5.56 Å². The number of carbonyl (C=O) groups is 1. The highest BCUT2D eigenvalue weighted by atomic mass is 32.2. The van der Waals surface area contributed by atoms with Crippen molar-refractivity contribution in [1.82, 2.24) is 4.72 Å². The Morgan fingerprint density at radius 1 is 1.43 bits per heavy atom. The summed E-state index contributed by atoms with van der Waals surface area (Å²) in [6.07, 6.45) is 2.91. The number of carboxylic acids is 1. The van der Waals surface area contributed by atoms with Crippen LogP contribution in [-0.2, 0) is 14.8 Å². The zero-order chi connectivity index (χ0) is 17.1. The van der Waals surface area contributed by atoms with Gasteiger partial charge in [-0.15, -0.1) is 6.58 Å². The van der Waals surface area contributed by atoms with Gasteiger partial charge in [0.1, 0.15) is 10.7 Å². The number of sulfonamides is 1. The zero-order valence-corrected chi connectivity index (χ0v) is 13.2. The molecule has 2 N–H and O–H groups in total. The standard InChI is InChI=1S/C15H18FNO5S/c1-2-5-15(6-8-22-9-7-15)17-23(20,21)13-4-3-11(14(18)19)10-12(13)16/h2-4,10,17H,1,5-9H2,(H,18,19). The van der Waals surface area contributed by atoms with Crippen molar-refractivity contribution in [2.45, 2.75) is 29.7 Å². The molecule has 6 nitrogen and oxygen atoms in total. The van der Waals surface area contributed by atoms with E-state index < -0.39 is 32.2 Å². The van der Waals surface area contributed by atoms with Gasteiger partial charge in [0.2, 0.25) is 10.0 Å². The minimum Gasteiger partial charge on any atom is -0.478 e. The zero-order valence-electron chi connectivity index (χ0n) is 12.4. The lowest BCUT2D eigenvalue weighted by atomic mass is 9.88. The maximum Gasteiger partial charge on any atom is 0.335 e. The Kier molecular flexibility index (Phi) is 5.18. The number of nitrogens with one attached hydrogen (secondary N) is 1. The number of carboxylic acid groups (broad SMARTS) is 1. The second kappa shape index (κ2) is 6.77. The molecule has 0 unspecified atom stereocenters. The van der Waals surface area contributed by atoms with Gasteiger partial charge >= 0.3 is 5.97 Å². The van der Waals surface area contributed by atoms with Gasteiger partial charge in [0, 0.05) is 18.8 Å². The van der Waals surface area contributed by atoms with Crippen molar-refractivity contribution in [2.24, 2.45) is 0 Å². The van der Waals surface area contributed by atoms with Crippen molar-refractivity contribution in [1.29, 1.82) is 0 Å². The van der Waals surface area contributed by atoms with Crippen LogP contribution < -0.4 is 4.72 Å². The number of rotatable bonds is 6. The number of hydrogen-bond donors (Lipinski definition) is 2. The van der Waals surface area contributed by atoms with Crippen LogP contribution in [0.1, 0.15) is 29.6 Å². The lowest BCUT2D eigenvalue weighted by Gasteiger charge is -2.36. The number of hydrogen-bond acceptors (Lipinski definition) is 4.